The number of alkyl halides is 3. The molecule has 7 heteroatoms. The predicted molar refractivity (Wildman–Crippen MR) is 87.4 cm³/mol. The summed E-state index contributed by atoms with van der Waals surface area (Å²) in [5.41, 5.74) is -0.682. The molecule has 0 spiro atoms. The number of aromatic nitrogens is 2. The van der Waals surface area contributed by atoms with E-state index in [-0.39, 0.29) is 23.1 Å². The van der Waals surface area contributed by atoms with Crippen LogP contribution in [-0.2, 0) is 6.18 Å². The van der Waals surface area contributed by atoms with Crippen LogP contribution in [0.2, 0.25) is 0 Å². The van der Waals surface area contributed by atoms with Crippen LogP contribution in [-0.4, -0.2) is 16.3 Å². The molecule has 1 N–H and O–H groups in total. The Morgan fingerprint density at radius 1 is 1.04 bits per heavy atom. The molecule has 0 radical (unpaired) electrons. The molecule has 4 nitrogen and oxygen atoms in total. The molecule has 1 fully saturated rings. The fourth-order valence-electron chi connectivity index (χ4n) is 3.06. The zero-order valence-electron chi connectivity index (χ0n) is 13.6. The van der Waals surface area contributed by atoms with E-state index in [9.17, 15) is 18.0 Å². The van der Waals surface area contributed by atoms with E-state index in [0.717, 1.165) is 44.6 Å². The highest BCUT2D eigenvalue weighted by atomic mass is 19.4. The summed E-state index contributed by atoms with van der Waals surface area (Å²) in [7, 11) is 0. The Morgan fingerprint density at radius 3 is 2.36 bits per heavy atom. The molecule has 1 aromatic carbocycles. The van der Waals surface area contributed by atoms with Crippen molar-refractivity contribution in [3.05, 3.63) is 46.2 Å². The van der Waals surface area contributed by atoms with Crippen LogP contribution in [0.1, 0.15) is 44.1 Å². The van der Waals surface area contributed by atoms with Crippen LogP contribution in [0.3, 0.4) is 0 Å². The maximum atomic E-state index is 13.5. The second-order valence-electron chi connectivity index (χ2n) is 6.25. The minimum absolute atomic E-state index is 0.146. The highest BCUT2D eigenvalue weighted by molar-refractivity contribution is 5.62. The van der Waals surface area contributed by atoms with Gasteiger partial charge in [0.1, 0.15) is 5.75 Å². The van der Waals surface area contributed by atoms with Crippen molar-refractivity contribution < 1.29 is 17.9 Å². The van der Waals surface area contributed by atoms with Crippen LogP contribution in [0.5, 0.6) is 5.75 Å². The van der Waals surface area contributed by atoms with Gasteiger partial charge in [-0.15, -0.1) is 0 Å². The van der Waals surface area contributed by atoms with Crippen LogP contribution in [0, 0.1) is 0 Å². The summed E-state index contributed by atoms with van der Waals surface area (Å²) in [5.74, 6) is -0.146. The van der Waals surface area contributed by atoms with E-state index in [1.165, 1.54) is 24.3 Å². The molecule has 1 aliphatic carbocycles. The Balaban J connectivity index is 1.92. The molecule has 25 heavy (non-hydrogen) atoms. The monoisotopic (exact) mass is 352 g/mol. The zero-order valence-corrected chi connectivity index (χ0v) is 13.6. The van der Waals surface area contributed by atoms with E-state index in [2.05, 4.69) is 10.2 Å². The molecule has 2 aromatic rings. The van der Waals surface area contributed by atoms with Gasteiger partial charge in [0.15, 0.2) is 0 Å². The summed E-state index contributed by atoms with van der Waals surface area (Å²) < 4.78 is 46.2. The molecule has 0 bridgehead atoms. The average molecular weight is 352 g/mol. The molecule has 3 rings (SSSR count). The average Bonchev–Trinajstić information content (AvgIpc) is 2.84. The Labute approximate surface area is 143 Å². The van der Waals surface area contributed by atoms with Crippen molar-refractivity contribution in [3.63, 3.8) is 0 Å². The third-order valence-electron chi connectivity index (χ3n) is 4.36. The van der Waals surface area contributed by atoms with Crippen molar-refractivity contribution in [2.24, 2.45) is 0 Å². The lowest BCUT2D eigenvalue weighted by Gasteiger charge is -2.21. The van der Waals surface area contributed by atoms with Crippen LogP contribution in [0.25, 0.3) is 11.3 Å². The van der Waals surface area contributed by atoms with Crippen molar-refractivity contribution in [1.82, 2.24) is 10.2 Å². The molecule has 134 valence electrons. The van der Waals surface area contributed by atoms with Gasteiger partial charge >= 0.3 is 6.18 Å². The Kier molecular flexibility index (Phi) is 5.11. The van der Waals surface area contributed by atoms with Gasteiger partial charge in [0.05, 0.1) is 17.4 Å². The van der Waals surface area contributed by atoms with Crippen LogP contribution < -0.4 is 10.3 Å². The quantitative estimate of drug-likeness (QED) is 0.824. The molecule has 1 saturated carbocycles. The second kappa shape index (κ2) is 7.29. The maximum Gasteiger partial charge on any atom is 0.419 e. The number of hydrogen-bond donors (Lipinski definition) is 1. The van der Waals surface area contributed by atoms with Gasteiger partial charge < -0.3 is 4.74 Å². The molecule has 1 aliphatic rings. The largest absolute Gasteiger partial charge is 0.490 e. The summed E-state index contributed by atoms with van der Waals surface area (Å²) in [6.07, 6.45) is 1.00. The Hall–Kier alpha value is -2.31. The first-order valence-corrected chi connectivity index (χ1v) is 8.37. The third-order valence-corrected chi connectivity index (χ3v) is 4.36. The van der Waals surface area contributed by atoms with E-state index < -0.39 is 17.3 Å². The lowest BCUT2D eigenvalue weighted by molar-refractivity contribution is -0.139. The van der Waals surface area contributed by atoms with Gasteiger partial charge in [0.25, 0.3) is 5.56 Å². The third kappa shape index (κ3) is 4.41. The van der Waals surface area contributed by atoms with Gasteiger partial charge in [-0.2, -0.15) is 18.3 Å². The van der Waals surface area contributed by atoms with Crippen LogP contribution in [0.15, 0.2) is 35.1 Å². The Bertz CT molecular complexity index is 758. The number of ether oxygens (including phenoxy) is 1. The number of aromatic amines is 1. The summed E-state index contributed by atoms with van der Waals surface area (Å²) in [4.78, 5) is 11.1. The molecule has 0 amide bonds. The highest BCUT2D eigenvalue weighted by Gasteiger charge is 2.35. The summed E-state index contributed by atoms with van der Waals surface area (Å²) in [5, 5.41) is 6.01. The number of rotatable bonds is 3. The number of nitrogens with one attached hydrogen (secondary N) is 1. The number of hydrogen-bond acceptors (Lipinski definition) is 3. The van der Waals surface area contributed by atoms with Crippen molar-refractivity contribution in [2.75, 3.05) is 0 Å². The number of H-pyrrole nitrogens is 1. The normalized spacial score (nSPS) is 16.4. The predicted octanol–water partition coefficient (Wildman–Crippen LogP) is 4.56. The molecule has 0 aliphatic heterocycles. The van der Waals surface area contributed by atoms with E-state index >= 15 is 0 Å². The van der Waals surface area contributed by atoms with Crippen molar-refractivity contribution in [1.29, 1.82) is 0 Å². The number of benzene rings is 1. The molecular formula is C18H19F3N2O2. The van der Waals surface area contributed by atoms with E-state index in [1.54, 1.807) is 0 Å². The number of halogens is 3. The SMILES string of the molecule is O=c1ccc(-c2ccc(OC3CCCCCC3)c(C(F)(F)F)c2)n[nH]1. The van der Waals surface area contributed by atoms with Gasteiger partial charge in [-0.3, -0.25) is 4.79 Å². The second-order valence-corrected chi connectivity index (χ2v) is 6.25. The zero-order chi connectivity index (χ0) is 17.9. The van der Waals surface area contributed by atoms with Crippen molar-refractivity contribution in [2.45, 2.75) is 50.8 Å². The van der Waals surface area contributed by atoms with Gasteiger partial charge in [0.2, 0.25) is 0 Å². The number of nitrogens with zero attached hydrogens (tertiary/aromatic N) is 1. The standard InChI is InChI=1S/C18H19F3N2O2/c19-18(20,21)14-11-12(15-8-10-17(24)23-22-15)7-9-16(14)25-13-5-3-1-2-4-6-13/h7-11,13H,1-6H2,(H,23,24). The van der Waals surface area contributed by atoms with Crippen molar-refractivity contribution >= 4 is 0 Å². The first-order valence-electron chi connectivity index (χ1n) is 8.37. The van der Waals surface area contributed by atoms with Gasteiger partial charge in [0, 0.05) is 11.6 Å². The molecule has 0 saturated heterocycles. The minimum Gasteiger partial charge on any atom is -0.490 e. The van der Waals surface area contributed by atoms with Gasteiger partial charge in [-0.25, -0.2) is 5.10 Å². The molecule has 1 aromatic heterocycles. The first-order chi connectivity index (χ1) is 11.9. The Morgan fingerprint density at radius 2 is 1.76 bits per heavy atom. The van der Waals surface area contributed by atoms with Crippen molar-refractivity contribution in [3.8, 4) is 17.0 Å². The molecule has 0 unspecified atom stereocenters. The lowest BCUT2D eigenvalue weighted by atomic mass is 10.1. The van der Waals surface area contributed by atoms with E-state index in [1.807, 2.05) is 0 Å². The topological polar surface area (TPSA) is 55.0 Å². The van der Waals surface area contributed by atoms with Gasteiger partial charge in [-0.05, 0) is 49.9 Å². The van der Waals surface area contributed by atoms with E-state index in [0.29, 0.717) is 0 Å². The highest BCUT2D eigenvalue weighted by Crippen LogP contribution is 2.39. The lowest BCUT2D eigenvalue weighted by Crippen LogP contribution is -2.18. The first kappa shape index (κ1) is 17.5. The van der Waals surface area contributed by atoms with Crippen LogP contribution >= 0.6 is 0 Å². The smallest absolute Gasteiger partial charge is 0.419 e. The molecule has 0 atom stereocenters. The van der Waals surface area contributed by atoms with Crippen LogP contribution in [0.4, 0.5) is 13.2 Å². The molecule has 1 heterocycles. The summed E-state index contributed by atoms with van der Waals surface area (Å²) >= 11 is 0. The minimum atomic E-state index is -4.53. The maximum absolute atomic E-state index is 13.5. The van der Waals surface area contributed by atoms with E-state index in [4.69, 9.17) is 4.74 Å². The fraction of sp³-hybridized carbons (Fsp3) is 0.444. The van der Waals surface area contributed by atoms with Gasteiger partial charge in [-0.1, -0.05) is 12.8 Å². The summed E-state index contributed by atoms with van der Waals surface area (Å²) in [6.45, 7) is 0. The fourth-order valence-corrected chi connectivity index (χ4v) is 3.06. The molecular weight excluding hydrogens is 333 g/mol. The summed E-state index contributed by atoms with van der Waals surface area (Å²) in [6, 6.07) is 6.51.